The van der Waals surface area contributed by atoms with Crippen LogP contribution in [0.2, 0.25) is 0 Å². The molecule has 6 heteroatoms. The first-order valence-electron chi connectivity index (χ1n) is 7.58. The molecule has 1 aliphatic heterocycles. The number of thioether (sulfide) groups is 1. The molecule has 2 N–H and O–H groups in total. The lowest BCUT2D eigenvalue weighted by atomic mass is 10.1. The molecule has 0 spiro atoms. The first kappa shape index (κ1) is 16.4. The highest BCUT2D eigenvalue weighted by Crippen LogP contribution is 2.33. The number of hydrogen-bond acceptors (Lipinski definition) is 4. The number of hydrogen-bond donors (Lipinski definition) is 2. The number of carbonyl (C=O) groups is 2. The maximum absolute atomic E-state index is 12.1. The maximum Gasteiger partial charge on any atom is 0.262 e. The summed E-state index contributed by atoms with van der Waals surface area (Å²) in [5.74, 6) is 0.849. The maximum atomic E-state index is 12.1. The van der Waals surface area contributed by atoms with Crippen LogP contribution in [-0.2, 0) is 9.59 Å². The van der Waals surface area contributed by atoms with Crippen molar-refractivity contribution >= 4 is 35.0 Å². The van der Waals surface area contributed by atoms with Crippen LogP contribution >= 0.6 is 11.8 Å². The highest BCUT2D eigenvalue weighted by Gasteiger charge is 2.16. The third kappa shape index (κ3) is 3.89. The summed E-state index contributed by atoms with van der Waals surface area (Å²) >= 11 is 1.49. The summed E-state index contributed by atoms with van der Waals surface area (Å²) in [6, 6.07) is 11.3. The Bertz CT molecular complexity index is 805. The first-order valence-corrected chi connectivity index (χ1v) is 8.56. The monoisotopic (exact) mass is 342 g/mol. The van der Waals surface area contributed by atoms with Crippen LogP contribution in [0.15, 0.2) is 41.3 Å². The second-order valence-corrected chi connectivity index (χ2v) is 6.67. The van der Waals surface area contributed by atoms with Crippen LogP contribution in [0.25, 0.3) is 0 Å². The average molecular weight is 342 g/mol. The number of carbonyl (C=O) groups excluding carboxylic acids is 2. The number of nitrogens with one attached hydrogen (secondary N) is 2. The fourth-order valence-electron chi connectivity index (χ4n) is 2.36. The molecule has 0 fully saturated rings. The van der Waals surface area contributed by atoms with E-state index in [1.165, 1.54) is 11.8 Å². The Morgan fingerprint density at radius 2 is 2.08 bits per heavy atom. The molecule has 0 atom stereocenters. The molecule has 0 unspecified atom stereocenters. The second kappa shape index (κ2) is 6.97. The normalized spacial score (nSPS) is 13.0. The number of fused-ring (bicyclic) bond motifs is 1. The van der Waals surface area contributed by atoms with E-state index in [0.717, 1.165) is 21.7 Å². The van der Waals surface area contributed by atoms with Crippen LogP contribution in [0.1, 0.15) is 11.1 Å². The van der Waals surface area contributed by atoms with Gasteiger partial charge >= 0.3 is 0 Å². The minimum absolute atomic E-state index is 0.0331. The summed E-state index contributed by atoms with van der Waals surface area (Å²) in [6.45, 7) is 3.85. The summed E-state index contributed by atoms with van der Waals surface area (Å²) in [7, 11) is 0. The quantitative estimate of drug-likeness (QED) is 0.894. The highest BCUT2D eigenvalue weighted by molar-refractivity contribution is 8.00. The zero-order chi connectivity index (χ0) is 17.1. The van der Waals surface area contributed by atoms with Gasteiger partial charge in [0.2, 0.25) is 5.91 Å². The highest BCUT2D eigenvalue weighted by atomic mass is 32.2. The Labute approximate surface area is 144 Å². The van der Waals surface area contributed by atoms with E-state index in [-0.39, 0.29) is 18.4 Å². The van der Waals surface area contributed by atoms with Crippen LogP contribution in [0, 0.1) is 13.8 Å². The van der Waals surface area contributed by atoms with Gasteiger partial charge in [-0.3, -0.25) is 9.59 Å². The summed E-state index contributed by atoms with van der Waals surface area (Å²) in [5, 5.41) is 5.59. The number of rotatable bonds is 4. The van der Waals surface area contributed by atoms with E-state index in [4.69, 9.17) is 4.74 Å². The first-order chi connectivity index (χ1) is 11.5. The van der Waals surface area contributed by atoms with Crippen LogP contribution in [0.4, 0.5) is 11.4 Å². The Hall–Kier alpha value is -2.47. The Kier molecular flexibility index (Phi) is 4.76. The molecule has 3 rings (SSSR count). The van der Waals surface area contributed by atoms with Gasteiger partial charge in [-0.2, -0.15) is 0 Å². The van der Waals surface area contributed by atoms with Crippen LogP contribution in [0.3, 0.4) is 0 Å². The van der Waals surface area contributed by atoms with Gasteiger partial charge in [0, 0.05) is 10.6 Å². The molecular formula is C18H18N2O3S. The summed E-state index contributed by atoms with van der Waals surface area (Å²) in [5.41, 5.74) is 3.43. The van der Waals surface area contributed by atoms with Crippen molar-refractivity contribution in [2.45, 2.75) is 18.7 Å². The van der Waals surface area contributed by atoms with Gasteiger partial charge in [-0.25, -0.2) is 0 Å². The van der Waals surface area contributed by atoms with E-state index < -0.39 is 0 Å². The van der Waals surface area contributed by atoms with Crippen molar-refractivity contribution in [3.8, 4) is 5.75 Å². The van der Waals surface area contributed by atoms with Crippen molar-refractivity contribution in [2.75, 3.05) is 23.0 Å². The molecule has 0 aliphatic carbocycles. The molecule has 5 nitrogen and oxygen atoms in total. The SMILES string of the molecule is Cc1ccc(C)c(OCC(=O)Nc2ccc3c(c2)NC(=O)CS3)c1. The minimum atomic E-state index is -0.245. The lowest BCUT2D eigenvalue weighted by molar-refractivity contribution is -0.118. The molecule has 2 aromatic carbocycles. The van der Waals surface area contributed by atoms with Crippen LogP contribution in [-0.4, -0.2) is 24.2 Å². The molecule has 0 saturated heterocycles. The fourth-order valence-corrected chi connectivity index (χ4v) is 3.15. The van der Waals surface area contributed by atoms with Crippen LogP contribution in [0.5, 0.6) is 5.75 Å². The Morgan fingerprint density at radius 1 is 1.25 bits per heavy atom. The standard InChI is InChI=1S/C18H18N2O3S/c1-11-3-4-12(2)15(7-11)23-9-17(21)19-13-5-6-16-14(8-13)20-18(22)10-24-16/h3-8H,9-10H2,1-2H3,(H,19,21)(H,20,22). The van der Waals surface area contributed by atoms with E-state index in [9.17, 15) is 9.59 Å². The lowest BCUT2D eigenvalue weighted by Crippen LogP contribution is -2.21. The molecule has 1 heterocycles. The Morgan fingerprint density at radius 3 is 2.92 bits per heavy atom. The van der Waals surface area contributed by atoms with E-state index >= 15 is 0 Å². The number of anilines is 2. The van der Waals surface area contributed by atoms with Crippen molar-refractivity contribution in [1.82, 2.24) is 0 Å². The molecular weight excluding hydrogens is 324 g/mol. The van der Waals surface area contributed by atoms with Crippen molar-refractivity contribution in [1.29, 1.82) is 0 Å². The van der Waals surface area contributed by atoms with E-state index in [0.29, 0.717) is 17.2 Å². The zero-order valence-corrected chi connectivity index (χ0v) is 14.3. The van der Waals surface area contributed by atoms with Gasteiger partial charge in [0.1, 0.15) is 5.75 Å². The summed E-state index contributed by atoms with van der Waals surface area (Å²) in [6.07, 6.45) is 0. The summed E-state index contributed by atoms with van der Waals surface area (Å²) in [4.78, 5) is 24.5. The van der Waals surface area contributed by atoms with Gasteiger partial charge in [-0.05, 0) is 49.2 Å². The molecule has 2 amide bonds. The fraction of sp³-hybridized carbons (Fsp3) is 0.222. The second-order valence-electron chi connectivity index (χ2n) is 5.65. The molecule has 0 saturated carbocycles. The predicted octanol–water partition coefficient (Wildman–Crippen LogP) is 3.37. The van der Waals surface area contributed by atoms with Crippen molar-refractivity contribution in [2.24, 2.45) is 0 Å². The Balaban J connectivity index is 1.62. The van der Waals surface area contributed by atoms with Gasteiger partial charge < -0.3 is 15.4 Å². The molecule has 1 aliphatic rings. The molecule has 24 heavy (non-hydrogen) atoms. The molecule has 0 aromatic heterocycles. The topological polar surface area (TPSA) is 67.4 Å². The largest absolute Gasteiger partial charge is 0.483 e. The van der Waals surface area contributed by atoms with Crippen molar-refractivity contribution < 1.29 is 14.3 Å². The number of aryl methyl sites for hydroxylation is 2. The predicted molar refractivity (Wildman–Crippen MR) is 95.8 cm³/mol. The zero-order valence-electron chi connectivity index (χ0n) is 13.5. The minimum Gasteiger partial charge on any atom is -0.483 e. The van der Waals surface area contributed by atoms with E-state index in [2.05, 4.69) is 10.6 Å². The number of ether oxygens (including phenoxy) is 1. The van der Waals surface area contributed by atoms with Gasteiger partial charge in [-0.15, -0.1) is 11.8 Å². The number of amides is 2. The van der Waals surface area contributed by atoms with Crippen molar-refractivity contribution in [3.63, 3.8) is 0 Å². The lowest BCUT2D eigenvalue weighted by Gasteiger charge is -2.17. The van der Waals surface area contributed by atoms with Gasteiger partial charge in [-0.1, -0.05) is 12.1 Å². The van der Waals surface area contributed by atoms with Gasteiger partial charge in [0.25, 0.3) is 5.91 Å². The average Bonchev–Trinajstić information content (AvgIpc) is 2.55. The third-order valence-corrected chi connectivity index (χ3v) is 4.67. The summed E-state index contributed by atoms with van der Waals surface area (Å²) < 4.78 is 5.60. The molecule has 0 bridgehead atoms. The molecule has 124 valence electrons. The van der Waals surface area contributed by atoms with Gasteiger partial charge in [0.05, 0.1) is 11.4 Å². The van der Waals surface area contributed by atoms with Gasteiger partial charge in [0.15, 0.2) is 6.61 Å². The molecule has 0 radical (unpaired) electrons. The van der Waals surface area contributed by atoms with Crippen molar-refractivity contribution in [3.05, 3.63) is 47.5 Å². The van der Waals surface area contributed by atoms with Crippen LogP contribution < -0.4 is 15.4 Å². The number of benzene rings is 2. The smallest absolute Gasteiger partial charge is 0.262 e. The molecule has 2 aromatic rings. The van der Waals surface area contributed by atoms with E-state index in [1.54, 1.807) is 6.07 Å². The van der Waals surface area contributed by atoms with E-state index in [1.807, 2.05) is 44.2 Å². The third-order valence-electron chi connectivity index (χ3n) is 3.60.